The number of imidazole rings is 1. The molecule has 0 aliphatic carbocycles. The first-order valence-electron chi connectivity index (χ1n) is 7.53. The van der Waals surface area contributed by atoms with Gasteiger partial charge in [0.15, 0.2) is 0 Å². The van der Waals surface area contributed by atoms with Crippen LogP contribution in [0.4, 0.5) is 0 Å². The molecule has 0 N–H and O–H groups in total. The van der Waals surface area contributed by atoms with Gasteiger partial charge in [-0.1, -0.05) is 46.3 Å². The summed E-state index contributed by atoms with van der Waals surface area (Å²) < 4.78 is 3.29. The predicted molar refractivity (Wildman–Crippen MR) is 98.9 cm³/mol. The first kappa shape index (κ1) is 14.2. The Labute approximate surface area is 143 Å². The van der Waals surface area contributed by atoms with Crippen LogP contribution < -0.4 is 0 Å². The zero-order valence-corrected chi connectivity index (χ0v) is 14.3. The molecule has 0 fully saturated rings. The number of nitrogens with zero attached hydrogens (tertiary/aromatic N) is 2. The van der Waals surface area contributed by atoms with Crippen LogP contribution >= 0.6 is 15.9 Å². The third kappa shape index (κ3) is 2.57. The van der Waals surface area contributed by atoms with Crippen LogP contribution in [0, 0.1) is 6.92 Å². The van der Waals surface area contributed by atoms with Crippen molar-refractivity contribution >= 4 is 27.0 Å². The van der Waals surface area contributed by atoms with E-state index in [0.29, 0.717) is 0 Å². The maximum Gasteiger partial charge on any atom is 0.145 e. The van der Waals surface area contributed by atoms with Crippen molar-refractivity contribution < 1.29 is 0 Å². The van der Waals surface area contributed by atoms with Crippen molar-refractivity contribution in [2.75, 3.05) is 0 Å². The maximum atomic E-state index is 4.88. The summed E-state index contributed by atoms with van der Waals surface area (Å²) in [7, 11) is 0. The minimum Gasteiger partial charge on any atom is -0.292 e. The van der Waals surface area contributed by atoms with Crippen molar-refractivity contribution in [3.8, 4) is 17.1 Å². The van der Waals surface area contributed by atoms with Crippen LogP contribution in [-0.4, -0.2) is 9.55 Å². The Morgan fingerprint density at radius 1 is 0.870 bits per heavy atom. The van der Waals surface area contributed by atoms with E-state index in [1.54, 1.807) is 0 Å². The van der Waals surface area contributed by atoms with E-state index in [1.807, 2.05) is 12.1 Å². The molecule has 0 radical (unpaired) electrons. The fraction of sp³-hybridized carbons (Fsp3) is 0.0500. The maximum absolute atomic E-state index is 4.88. The fourth-order valence-electron chi connectivity index (χ4n) is 2.92. The molecule has 0 saturated carbocycles. The van der Waals surface area contributed by atoms with Gasteiger partial charge in [0.2, 0.25) is 0 Å². The summed E-state index contributed by atoms with van der Waals surface area (Å²) in [6.07, 6.45) is 0. The Balaban J connectivity index is 2.07. The molecule has 0 atom stereocenters. The second-order valence-electron chi connectivity index (χ2n) is 5.61. The smallest absolute Gasteiger partial charge is 0.145 e. The molecule has 4 aromatic rings. The van der Waals surface area contributed by atoms with E-state index in [4.69, 9.17) is 4.98 Å². The van der Waals surface area contributed by atoms with Gasteiger partial charge in [0.25, 0.3) is 0 Å². The number of halogens is 1. The van der Waals surface area contributed by atoms with Gasteiger partial charge in [-0.25, -0.2) is 4.98 Å². The summed E-state index contributed by atoms with van der Waals surface area (Å²) in [5, 5.41) is 0. The van der Waals surface area contributed by atoms with Gasteiger partial charge in [-0.05, 0) is 55.0 Å². The molecule has 2 nitrogen and oxygen atoms in total. The predicted octanol–water partition coefficient (Wildman–Crippen LogP) is 5.76. The topological polar surface area (TPSA) is 17.8 Å². The SMILES string of the molecule is Cc1cc(Br)cc(-c2nc3ccccc3n2-c2ccccc2)c1. The van der Waals surface area contributed by atoms with E-state index in [2.05, 4.69) is 88.1 Å². The lowest BCUT2D eigenvalue weighted by Gasteiger charge is -2.10. The van der Waals surface area contributed by atoms with Crippen molar-refractivity contribution in [1.82, 2.24) is 9.55 Å². The van der Waals surface area contributed by atoms with E-state index < -0.39 is 0 Å². The Bertz CT molecular complexity index is 967. The van der Waals surface area contributed by atoms with Crippen LogP contribution in [0.25, 0.3) is 28.1 Å². The van der Waals surface area contributed by atoms with E-state index in [9.17, 15) is 0 Å². The second-order valence-corrected chi connectivity index (χ2v) is 6.53. The van der Waals surface area contributed by atoms with E-state index in [-0.39, 0.29) is 0 Å². The molecule has 112 valence electrons. The Morgan fingerprint density at radius 3 is 2.39 bits per heavy atom. The Kier molecular flexibility index (Phi) is 3.50. The molecule has 4 rings (SSSR count). The lowest BCUT2D eigenvalue weighted by atomic mass is 10.1. The minimum absolute atomic E-state index is 0.960. The van der Waals surface area contributed by atoms with Crippen LogP contribution in [0.5, 0.6) is 0 Å². The van der Waals surface area contributed by atoms with Gasteiger partial charge in [-0.2, -0.15) is 0 Å². The van der Waals surface area contributed by atoms with Gasteiger partial charge in [0.05, 0.1) is 11.0 Å². The van der Waals surface area contributed by atoms with Crippen LogP contribution in [0.15, 0.2) is 77.3 Å². The van der Waals surface area contributed by atoms with E-state index >= 15 is 0 Å². The summed E-state index contributed by atoms with van der Waals surface area (Å²) in [6, 6.07) is 25.0. The van der Waals surface area contributed by atoms with Gasteiger partial charge in [-0.15, -0.1) is 0 Å². The monoisotopic (exact) mass is 362 g/mol. The molecule has 0 amide bonds. The largest absolute Gasteiger partial charge is 0.292 e. The number of fused-ring (bicyclic) bond motifs is 1. The molecule has 0 saturated heterocycles. The van der Waals surface area contributed by atoms with Gasteiger partial charge in [-0.3, -0.25) is 4.57 Å². The highest BCUT2D eigenvalue weighted by Gasteiger charge is 2.14. The fourth-order valence-corrected chi connectivity index (χ4v) is 3.53. The molecular weight excluding hydrogens is 348 g/mol. The molecule has 1 aromatic heterocycles. The van der Waals surface area contributed by atoms with Crippen molar-refractivity contribution in [2.24, 2.45) is 0 Å². The highest BCUT2D eigenvalue weighted by Crippen LogP contribution is 2.30. The van der Waals surface area contributed by atoms with Crippen LogP contribution in [0.3, 0.4) is 0 Å². The molecule has 1 heterocycles. The Hall–Kier alpha value is -2.39. The van der Waals surface area contributed by atoms with Gasteiger partial charge < -0.3 is 0 Å². The van der Waals surface area contributed by atoms with E-state index in [1.165, 1.54) is 5.56 Å². The number of hydrogen-bond acceptors (Lipinski definition) is 1. The average Bonchev–Trinajstić information content (AvgIpc) is 2.94. The van der Waals surface area contributed by atoms with Gasteiger partial charge in [0, 0.05) is 15.7 Å². The van der Waals surface area contributed by atoms with Crippen LogP contribution in [0.1, 0.15) is 5.56 Å². The number of hydrogen-bond donors (Lipinski definition) is 0. The van der Waals surface area contributed by atoms with E-state index in [0.717, 1.165) is 32.6 Å². The first-order valence-corrected chi connectivity index (χ1v) is 8.32. The van der Waals surface area contributed by atoms with Crippen molar-refractivity contribution in [3.63, 3.8) is 0 Å². The average molecular weight is 363 g/mol. The highest BCUT2D eigenvalue weighted by molar-refractivity contribution is 9.10. The summed E-state index contributed by atoms with van der Waals surface area (Å²) in [5.74, 6) is 0.960. The normalized spacial score (nSPS) is 11.0. The van der Waals surface area contributed by atoms with Gasteiger partial charge in [0.1, 0.15) is 5.82 Å². The summed E-state index contributed by atoms with van der Waals surface area (Å²) in [5.41, 5.74) is 5.56. The summed E-state index contributed by atoms with van der Waals surface area (Å²) in [4.78, 5) is 4.88. The number of aryl methyl sites for hydroxylation is 1. The van der Waals surface area contributed by atoms with Crippen LogP contribution in [-0.2, 0) is 0 Å². The molecular formula is C20H15BrN2. The quantitative estimate of drug-likeness (QED) is 0.443. The third-order valence-corrected chi connectivity index (χ3v) is 4.33. The second kappa shape index (κ2) is 5.67. The first-order chi connectivity index (χ1) is 11.2. The molecule has 23 heavy (non-hydrogen) atoms. The summed E-state index contributed by atoms with van der Waals surface area (Å²) >= 11 is 3.60. The number of rotatable bonds is 2. The number of benzene rings is 3. The zero-order chi connectivity index (χ0) is 15.8. The molecule has 0 unspecified atom stereocenters. The molecule has 0 aliphatic heterocycles. The van der Waals surface area contributed by atoms with Gasteiger partial charge >= 0.3 is 0 Å². The molecule has 0 bridgehead atoms. The van der Waals surface area contributed by atoms with Crippen LogP contribution in [0.2, 0.25) is 0 Å². The minimum atomic E-state index is 0.960. The standard InChI is InChI=1S/C20H15BrN2/c1-14-11-15(13-16(21)12-14)20-22-18-9-5-6-10-19(18)23(20)17-7-3-2-4-8-17/h2-13H,1H3. The molecule has 0 spiro atoms. The lowest BCUT2D eigenvalue weighted by molar-refractivity contribution is 1.10. The molecule has 3 heteroatoms. The van der Waals surface area contributed by atoms with Crippen molar-refractivity contribution in [2.45, 2.75) is 6.92 Å². The third-order valence-electron chi connectivity index (χ3n) is 3.88. The zero-order valence-electron chi connectivity index (χ0n) is 12.7. The van der Waals surface area contributed by atoms with Crippen molar-refractivity contribution in [1.29, 1.82) is 0 Å². The number of para-hydroxylation sites is 3. The Morgan fingerprint density at radius 2 is 1.61 bits per heavy atom. The lowest BCUT2D eigenvalue weighted by Crippen LogP contribution is -1.97. The number of aromatic nitrogens is 2. The highest BCUT2D eigenvalue weighted by atomic mass is 79.9. The van der Waals surface area contributed by atoms with Crippen molar-refractivity contribution in [3.05, 3.63) is 82.8 Å². The summed E-state index contributed by atoms with van der Waals surface area (Å²) in [6.45, 7) is 2.10. The molecule has 3 aromatic carbocycles. The molecule has 0 aliphatic rings.